The molecule has 1 heterocycles. The van der Waals surface area contributed by atoms with Gasteiger partial charge in [-0.1, -0.05) is 6.92 Å². The topological polar surface area (TPSA) is 123 Å². The minimum Gasteiger partial charge on any atom is -0.467 e. The largest absolute Gasteiger partial charge is 0.467 e. The quantitative estimate of drug-likeness (QED) is 0.571. The maximum Gasteiger partial charge on any atom is 0.328 e. The van der Waals surface area contributed by atoms with Crippen LogP contribution >= 0.6 is 0 Å². The van der Waals surface area contributed by atoms with Crippen molar-refractivity contribution in [3.05, 3.63) is 5.69 Å². The van der Waals surface area contributed by atoms with E-state index in [1.807, 2.05) is 0 Å². The van der Waals surface area contributed by atoms with Crippen molar-refractivity contribution in [3.8, 4) is 0 Å². The number of H-pyrrole nitrogens is 1. The van der Waals surface area contributed by atoms with E-state index in [4.69, 9.17) is 5.73 Å². The average Bonchev–Trinajstić information content (AvgIpc) is 2.71. The van der Waals surface area contributed by atoms with Gasteiger partial charge in [-0.05, 0) is 6.42 Å². The Kier molecular flexibility index (Phi) is 3.81. The molecule has 0 aliphatic carbocycles. The first-order valence-electron chi connectivity index (χ1n) is 4.65. The number of esters is 1. The molecule has 0 aliphatic heterocycles. The van der Waals surface area contributed by atoms with Crippen LogP contribution < -0.4 is 11.1 Å². The summed E-state index contributed by atoms with van der Waals surface area (Å²) in [6.45, 7) is 1.74. The van der Waals surface area contributed by atoms with Crippen molar-refractivity contribution in [2.45, 2.75) is 19.4 Å². The molecule has 0 bridgehead atoms. The number of nitrogens with zero attached hydrogens (tertiary/aromatic N) is 2. The van der Waals surface area contributed by atoms with Gasteiger partial charge in [0.25, 0.3) is 5.91 Å². The molecule has 88 valence electrons. The molecule has 0 aromatic carbocycles. The number of ether oxygens (including phenoxy) is 1. The van der Waals surface area contributed by atoms with E-state index < -0.39 is 17.9 Å². The number of hydrogen-bond donors (Lipinski definition) is 3. The molecule has 0 spiro atoms. The van der Waals surface area contributed by atoms with Crippen LogP contribution in [-0.4, -0.2) is 40.4 Å². The summed E-state index contributed by atoms with van der Waals surface area (Å²) in [6, 6.07) is -0.714. The molecule has 4 N–H and O–H groups in total. The maximum atomic E-state index is 11.6. The molecule has 0 fully saturated rings. The second-order valence-electron chi connectivity index (χ2n) is 3.01. The zero-order valence-electron chi connectivity index (χ0n) is 8.98. The molecule has 0 saturated carbocycles. The van der Waals surface area contributed by atoms with Crippen molar-refractivity contribution in [2.75, 3.05) is 12.8 Å². The van der Waals surface area contributed by atoms with E-state index in [9.17, 15) is 9.59 Å². The SMILES string of the molecule is CCC(NC(=O)c1n[nH]nc1N)C(=O)OC. The van der Waals surface area contributed by atoms with Crippen LogP contribution in [0.25, 0.3) is 0 Å². The van der Waals surface area contributed by atoms with Crippen molar-refractivity contribution < 1.29 is 14.3 Å². The van der Waals surface area contributed by atoms with Crippen molar-refractivity contribution in [1.29, 1.82) is 0 Å². The number of methoxy groups -OCH3 is 1. The van der Waals surface area contributed by atoms with Gasteiger partial charge in [0.05, 0.1) is 7.11 Å². The van der Waals surface area contributed by atoms with Crippen LogP contribution in [0.5, 0.6) is 0 Å². The lowest BCUT2D eigenvalue weighted by Crippen LogP contribution is -2.41. The van der Waals surface area contributed by atoms with Crippen LogP contribution in [0.15, 0.2) is 0 Å². The van der Waals surface area contributed by atoms with E-state index >= 15 is 0 Å². The highest BCUT2D eigenvalue weighted by Crippen LogP contribution is 2.03. The zero-order valence-corrected chi connectivity index (χ0v) is 8.98. The Balaban J connectivity index is 2.70. The van der Waals surface area contributed by atoms with Gasteiger partial charge in [-0.2, -0.15) is 5.21 Å². The third-order valence-electron chi connectivity index (χ3n) is 1.99. The van der Waals surface area contributed by atoms with Gasteiger partial charge in [0.1, 0.15) is 6.04 Å². The number of carbonyl (C=O) groups is 2. The fraction of sp³-hybridized carbons (Fsp3) is 0.500. The number of carbonyl (C=O) groups excluding carboxylic acids is 2. The summed E-state index contributed by atoms with van der Waals surface area (Å²) in [5.41, 5.74) is 5.35. The number of aromatic amines is 1. The van der Waals surface area contributed by atoms with Crippen molar-refractivity contribution >= 4 is 17.7 Å². The minimum absolute atomic E-state index is 0.0165. The second kappa shape index (κ2) is 5.10. The molecule has 8 nitrogen and oxygen atoms in total. The third-order valence-corrected chi connectivity index (χ3v) is 1.99. The summed E-state index contributed by atoms with van der Waals surface area (Å²) in [5.74, 6) is -1.10. The van der Waals surface area contributed by atoms with Crippen LogP contribution in [0.4, 0.5) is 5.82 Å². The van der Waals surface area contributed by atoms with Crippen molar-refractivity contribution in [2.24, 2.45) is 0 Å². The summed E-state index contributed by atoms with van der Waals surface area (Å²) in [7, 11) is 1.25. The molecular weight excluding hydrogens is 214 g/mol. The Labute approximate surface area is 91.5 Å². The lowest BCUT2D eigenvalue weighted by atomic mass is 10.2. The highest BCUT2D eigenvalue weighted by Gasteiger charge is 2.22. The maximum absolute atomic E-state index is 11.6. The number of aromatic nitrogens is 3. The highest BCUT2D eigenvalue weighted by atomic mass is 16.5. The fourth-order valence-electron chi connectivity index (χ4n) is 1.10. The number of amides is 1. The van der Waals surface area contributed by atoms with Gasteiger partial charge in [0.15, 0.2) is 11.5 Å². The Morgan fingerprint density at radius 2 is 2.25 bits per heavy atom. The molecular formula is C8H13N5O3. The molecule has 0 aliphatic rings. The number of hydrogen-bond acceptors (Lipinski definition) is 6. The average molecular weight is 227 g/mol. The van der Waals surface area contributed by atoms with Gasteiger partial charge >= 0.3 is 5.97 Å². The number of nitrogen functional groups attached to an aromatic ring is 1. The smallest absolute Gasteiger partial charge is 0.328 e. The van der Waals surface area contributed by atoms with Gasteiger partial charge < -0.3 is 15.8 Å². The predicted octanol–water partition coefficient (Wildman–Crippen LogP) is -0.932. The standard InChI is InChI=1S/C8H13N5O3/c1-3-4(8(15)16-2)10-7(14)5-6(9)12-13-11-5/h4H,3H2,1-2H3,(H,10,14)(H3,9,11,12,13). The van der Waals surface area contributed by atoms with E-state index in [0.29, 0.717) is 6.42 Å². The molecule has 1 atom stereocenters. The van der Waals surface area contributed by atoms with E-state index in [1.54, 1.807) is 6.92 Å². The molecule has 16 heavy (non-hydrogen) atoms. The Morgan fingerprint density at radius 1 is 1.56 bits per heavy atom. The Bertz CT molecular complexity index is 389. The van der Waals surface area contributed by atoms with Gasteiger partial charge in [0, 0.05) is 0 Å². The first-order chi connectivity index (χ1) is 7.60. The van der Waals surface area contributed by atoms with Crippen LogP contribution in [-0.2, 0) is 9.53 Å². The monoisotopic (exact) mass is 227 g/mol. The molecule has 1 aromatic rings. The van der Waals surface area contributed by atoms with Crippen molar-refractivity contribution in [3.63, 3.8) is 0 Å². The fourth-order valence-corrected chi connectivity index (χ4v) is 1.10. The van der Waals surface area contributed by atoms with E-state index in [2.05, 4.69) is 25.5 Å². The number of nitrogens with two attached hydrogens (primary N) is 1. The number of rotatable bonds is 4. The Morgan fingerprint density at radius 3 is 2.69 bits per heavy atom. The van der Waals surface area contributed by atoms with Gasteiger partial charge in [-0.25, -0.2) is 4.79 Å². The number of nitrogens with one attached hydrogen (secondary N) is 2. The van der Waals surface area contributed by atoms with Crippen molar-refractivity contribution in [1.82, 2.24) is 20.7 Å². The summed E-state index contributed by atoms with van der Waals surface area (Å²) < 4.78 is 4.52. The molecule has 8 heteroatoms. The highest BCUT2D eigenvalue weighted by molar-refractivity contribution is 5.98. The first-order valence-corrected chi connectivity index (χ1v) is 4.65. The molecule has 0 radical (unpaired) electrons. The van der Waals surface area contributed by atoms with Gasteiger partial charge in [0.2, 0.25) is 0 Å². The van der Waals surface area contributed by atoms with Gasteiger partial charge in [-0.3, -0.25) is 4.79 Å². The van der Waals surface area contributed by atoms with E-state index in [-0.39, 0.29) is 11.5 Å². The number of anilines is 1. The predicted molar refractivity (Wildman–Crippen MR) is 54.4 cm³/mol. The lowest BCUT2D eigenvalue weighted by Gasteiger charge is -2.13. The molecule has 1 unspecified atom stereocenters. The van der Waals surface area contributed by atoms with Crippen LogP contribution in [0.3, 0.4) is 0 Å². The van der Waals surface area contributed by atoms with E-state index in [0.717, 1.165) is 0 Å². The van der Waals surface area contributed by atoms with Crippen LogP contribution in [0.2, 0.25) is 0 Å². The normalized spacial score (nSPS) is 11.9. The Hall–Kier alpha value is -2.12. The lowest BCUT2D eigenvalue weighted by molar-refractivity contribution is -0.142. The molecule has 1 rings (SSSR count). The summed E-state index contributed by atoms with van der Waals surface area (Å²) >= 11 is 0. The summed E-state index contributed by atoms with van der Waals surface area (Å²) in [6.07, 6.45) is 0.413. The minimum atomic E-state index is -0.714. The van der Waals surface area contributed by atoms with Crippen LogP contribution in [0, 0.1) is 0 Å². The molecule has 0 saturated heterocycles. The zero-order chi connectivity index (χ0) is 12.1. The second-order valence-corrected chi connectivity index (χ2v) is 3.01. The van der Waals surface area contributed by atoms with E-state index in [1.165, 1.54) is 7.11 Å². The molecule has 1 amide bonds. The summed E-state index contributed by atoms with van der Waals surface area (Å²) in [5, 5.41) is 11.7. The third kappa shape index (κ3) is 2.47. The molecule has 1 aromatic heterocycles. The van der Waals surface area contributed by atoms with Gasteiger partial charge in [-0.15, -0.1) is 10.2 Å². The first kappa shape index (κ1) is 12.0. The van der Waals surface area contributed by atoms with Crippen LogP contribution in [0.1, 0.15) is 23.8 Å². The summed E-state index contributed by atoms with van der Waals surface area (Å²) in [4.78, 5) is 22.8.